The summed E-state index contributed by atoms with van der Waals surface area (Å²) in [5.41, 5.74) is 1.70. The van der Waals surface area contributed by atoms with Crippen molar-refractivity contribution in [3.8, 4) is 0 Å². The number of aliphatic hydroxyl groups excluding tert-OH is 1. The fourth-order valence-electron chi connectivity index (χ4n) is 2.64. The van der Waals surface area contributed by atoms with Crippen LogP contribution >= 0.6 is 0 Å². The predicted molar refractivity (Wildman–Crippen MR) is 66.7 cm³/mol. The number of hydrogen-bond acceptors (Lipinski definition) is 4. The van der Waals surface area contributed by atoms with Crippen molar-refractivity contribution in [2.24, 2.45) is 0 Å². The van der Waals surface area contributed by atoms with Crippen molar-refractivity contribution >= 4 is 0 Å². The summed E-state index contributed by atoms with van der Waals surface area (Å²) in [5, 5.41) is 13.7. The third kappa shape index (κ3) is 2.67. The summed E-state index contributed by atoms with van der Waals surface area (Å²) in [4.78, 5) is 2.09. The highest BCUT2D eigenvalue weighted by Gasteiger charge is 2.32. The molecule has 5 heteroatoms. The molecule has 0 amide bonds. The molecule has 19 heavy (non-hydrogen) atoms. The van der Waals surface area contributed by atoms with Gasteiger partial charge in [-0.05, 0) is 24.1 Å². The molecule has 1 aliphatic rings. The van der Waals surface area contributed by atoms with Gasteiger partial charge in [-0.3, -0.25) is 4.90 Å². The van der Waals surface area contributed by atoms with E-state index in [2.05, 4.69) is 10.1 Å². The fourth-order valence-corrected chi connectivity index (χ4v) is 2.64. The zero-order valence-electron chi connectivity index (χ0n) is 10.4. The van der Waals surface area contributed by atoms with Crippen molar-refractivity contribution in [1.29, 1.82) is 0 Å². The zero-order valence-corrected chi connectivity index (χ0v) is 10.4. The van der Waals surface area contributed by atoms with Crippen molar-refractivity contribution in [3.63, 3.8) is 0 Å². The molecule has 1 fully saturated rings. The van der Waals surface area contributed by atoms with Crippen LogP contribution in [0.4, 0.5) is 4.39 Å². The van der Waals surface area contributed by atoms with Crippen LogP contribution in [0.1, 0.15) is 23.7 Å². The molecule has 4 nitrogen and oxygen atoms in total. The second-order valence-corrected chi connectivity index (χ2v) is 4.88. The van der Waals surface area contributed by atoms with Crippen LogP contribution < -0.4 is 0 Å². The first-order valence-electron chi connectivity index (χ1n) is 6.29. The van der Waals surface area contributed by atoms with E-state index >= 15 is 0 Å². The average Bonchev–Trinajstić information content (AvgIpc) is 3.00. The minimum absolute atomic E-state index is 0.0161. The summed E-state index contributed by atoms with van der Waals surface area (Å²) in [6.07, 6.45) is 1.75. The molecule has 2 heterocycles. The second-order valence-electron chi connectivity index (χ2n) is 4.88. The van der Waals surface area contributed by atoms with Gasteiger partial charge < -0.3 is 9.63 Å². The van der Waals surface area contributed by atoms with E-state index in [0.29, 0.717) is 19.5 Å². The van der Waals surface area contributed by atoms with E-state index in [1.165, 1.54) is 18.4 Å². The number of aliphatic hydroxyl groups is 1. The van der Waals surface area contributed by atoms with Gasteiger partial charge in [-0.25, -0.2) is 4.39 Å². The van der Waals surface area contributed by atoms with Crippen molar-refractivity contribution in [2.75, 3.05) is 6.54 Å². The van der Waals surface area contributed by atoms with Crippen LogP contribution in [-0.4, -0.2) is 27.8 Å². The monoisotopic (exact) mass is 262 g/mol. The van der Waals surface area contributed by atoms with Crippen molar-refractivity contribution in [2.45, 2.75) is 25.1 Å². The van der Waals surface area contributed by atoms with Gasteiger partial charge in [0.1, 0.15) is 12.1 Å². The Labute approximate surface area is 110 Å². The van der Waals surface area contributed by atoms with Crippen molar-refractivity contribution < 1.29 is 14.0 Å². The summed E-state index contributed by atoms with van der Waals surface area (Å²) in [5.74, 6) is -0.250. The normalized spacial score (nSPS) is 23.9. The molecule has 3 rings (SSSR count). The number of β-amino-alcohol motifs (C(OH)–C–C–N with tert-alkyl or cyclic N) is 1. The maximum absolute atomic E-state index is 13.3. The number of aromatic nitrogens is 1. The molecule has 0 aliphatic carbocycles. The Morgan fingerprint density at radius 3 is 3.05 bits per heavy atom. The smallest absolute Gasteiger partial charge is 0.124 e. The lowest BCUT2D eigenvalue weighted by atomic mass is 10.0. The summed E-state index contributed by atoms with van der Waals surface area (Å²) in [6, 6.07) is 8.36. The molecule has 1 aromatic carbocycles. The first-order valence-corrected chi connectivity index (χ1v) is 6.29. The van der Waals surface area contributed by atoms with E-state index in [1.54, 1.807) is 12.1 Å². The lowest BCUT2D eigenvalue weighted by Crippen LogP contribution is -2.24. The first kappa shape index (κ1) is 12.3. The van der Waals surface area contributed by atoms with Gasteiger partial charge in [0.2, 0.25) is 0 Å². The molecular formula is C14H15FN2O2. The van der Waals surface area contributed by atoms with E-state index in [4.69, 9.17) is 4.52 Å². The molecule has 100 valence electrons. The maximum atomic E-state index is 13.3. The predicted octanol–water partition coefficient (Wildman–Crippen LogP) is 2.12. The Kier molecular flexibility index (Phi) is 3.31. The van der Waals surface area contributed by atoms with Gasteiger partial charge in [0.25, 0.3) is 0 Å². The topological polar surface area (TPSA) is 49.5 Å². The molecule has 0 saturated carbocycles. The second kappa shape index (κ2) is 5.11. The molecule has 2 aromatic rings. The average molecular weight is 262 g/mol. The molecule has 0 unspecified atom stereocenters. The number of likely N-dealkylation sites (tertiary alicyclic amines) is 1. The third-order valence-corrected chi connectivity index (χ3v) is 3.47. The summed E-state index contributed by atoms with van der Waals surface area (Å²) < 4.78 is 18.1. The number of halogens is 1. The maximum Gasteiger partial charge on any atom is 0.124 e. The van der Waals surface area contributed by atoms with Crippen LogP contribution in [0.25, 0.3) is 0 Å². The van der Waals surface area contributed by atoms with E-state index in [1.807, 2.05) is 6.07 Å². The Bertz CT molecular complexity index is 544. The highest BCUT2D eigenvalue weighted by atomic mass is 19.1. The zero-order chi connectivity index (χ0) is 13.2. The van der Waals surface area contributed by atoms with E-state index < -0.39 is 0 Å². The van der Waals surface area contributed by atoms with E-state index in [0.717, 1.165) is 11.3 Å². The number of benzene rings is 1. The Balaban J connectivity index is 1.82. The Hall–Kier alpha value is -1.72. The van der Waals surface area contributed by atoms with E-state index in [9.17, 15) is 9.50 Å². The molecule has 0 spiro atoms. The van der Waals surface area contributed by atoms with Gasteiger partial charge in [0.15, 0.2) is 0 Å². The van der Waals surface area contributed by atoms with Gasteiger partial charge in [-0.15, -0.1) is 0 Å². The minimum atomic E-state index is -0.389. The SMILES string of the molecule is O[C@H]1C[C@H](c2cccc(F)c2)N(Cc2ccon2)C1. The van der Waals surface area contributed by atoms with Crippen LogP contribution in [0.5, 0.6) is 0 Å². The van der Waals surface area contributed by atoms with Gasteiger partial charge in [-0.2, -0.15) is 0 Å². The van der Waals surface area contributed by atoms with Gasteiger partial charge in [-0.1, -0.05) is 17.3 Å². The highest BCUT2D eigenvalue weighted by Crippen LogP contribution is 2.33. The summed E-state index contributed by atoms with van der Waals surface area (Å²) in [6.45, 7) is 1.16. The summed E-state index contributed by atoms with van der Waals surface area (Å²) in [7, 11) is 0. The minimum Gasteiger partial charge on any atom is -0.392 e. The standard InChI is InChI=1S/C14H15FN2O2/c15-11-3-1-2-10(6-11)14-7-13(18)9-17(14)8-12-4-5-19-16-12/h1-6,13-14,18H,7-9H2/t13-,14+/m0/s1. The largest absolute Gasteiger partial charge is 0.392 e. The molecule has 1 N–H and O–H groups in total. The van der Waals surface area contributed by atoms with Crippen molar-refractivity contribution in [3.05, 3.63) is 53.7 Å². The molecule has 1 aliphatic heterocycles. The van der Waals surface area contributed by atoms with Crippen LogP contribution in [0.15, 0.2) is 41.1 Å². The lowest BCUT2D eigenvalue weighted by molar-refractivity contribution is 0.171. The molecule has 1 saturated heterocycles. The van der Waals surface area contributed by atoms with Crippen molar-refractivity contribution in [1.82, 2.24) is 10.1 Å². The quantitative estimate of drug-likeness (QED) is 0.920. The lowest BCUT2D eigenvalue weighted by Gasteiger charge is -2.23. The van der Waals surface area contributed by atoms with Gasteiger partial charge in [0.05, 0.1) is 11.8 Å². The molecule has 0 bridgehead atoms. The van der Waals surface area contributed by atoms with E-state index in [-0.39, 0.29) is 18.0 Å². The van der Waals surface area contributed by atoms with Crippen LogP contribution in [0, 0.1) is 5.82 Å². The van der Waals surface area contributed by atoms with Crippen LogP contribution in [0.3, 0.4) is 0 Å². The Morgan fingerprint density at radius 2 is 2.32 bits per heavy atom. The van der Waals surface area contributed by atoms with Gasteiger partial charge in [0, 0.05) is 25.2 Å². The highest BCUT2D eigenvalue weighted by molar-refractivity contribution is 5.22. The molecular weight excluding hydrogens is 247 g/mol. The molecule has 0 radical (unpaired) electrons. The number of nitrogens with zero attached hydrogens (tertiary/aromatic N) is 2. The molecule has 1 aromatic heterocycles. The first-order chi connectivity index (χ1) is 9.22. The van der Waals surface area contributed by atoms with Gasteiger partial charge >= 0.3 is 0 Å². The Morgan fingerprint density at radius 1 is 1.42 bits per heavy atom. The molecule has 2 atom stereocenters. The van der Waals surface area contributed by atoms with Crippen LogP contribution in [0.2, 0.25) is 0 Å². The number of hydrogen-bond donors (Lipinski definition) is 1. The van der Waals surface area contributed by atoms with Crippen LogP contribution in [-0.2, 0) is 6.54 Å². The fraction of sp³-hybridized carbons (Fsp3) is 0.357. The summed E-state index contributed by atoms with van der Waals surface area (Å²) >= 11 is 0. The number of rotatable bonds is 3. The third-order valence-electron chi connectivity index (χ3n) is 3.47.